The molecule has 1 aromatic carbocycles. The van der Waals surface area contributed by atoms with Crippen LogP contribution in [0.3, 0.4) is 0 Å². The number of ketones is 1. The minimum absolute atomic E-state index is 0.00375. The van der Waals surface area contributed by atoms with Crippen molar-refractivity contribution in [2.24, 2.45) is 16.5 Å². The topological polar surface area (TPSA) is 98.5 Å². The van der Waals surface area contributed by atoms with Gasteiger partial charge in [-0.3, -0.25) is 9.59 Å². The summed E-state index contributed by atoms with van der Waals surface area (Å²) in [5.41, 5.74) is 12.3. The van der Waals surface area contributed by atoms with E-state index in [0.717, 1.165) is 11.1 Å². The van der Waals surface area contributed by atoms with E-state index in [9.17, 15) is 9.59 Å². The molecule has 1 heterocycles. The fraction of sp³-hybridized carbons (Fsp3) is 0.0714. The van der Waals surface area contributed by atoms with Gasteiger partial charge in [0.2, 0.25) is 0 Å². The van der Waals surface area contributed by atoms with Crippen molar-refractivity contribution in [3.8, 4) is 11.1 Å². The van der Waals surface area contributed by atoms with E-state index in [1.807, 2.05) is 17.5 Å². The molecule has 20 heavy (non-hydrogen) atoms. The summed E-state index contributed by atoms with van der Waals surface area (Å²) in [7, 11) is 0. The molecule has 0 saturated heterocycles. The van der Waals surface area contributed by atoms with Crippen LogP contribution in [0.15, 0.2) is 40.7 Å². The smallest absolute Gasteiger partial charge is 0.280 e. The Labute approximate surface area is 119 Å². The number of hydrogen-bond acceptors (Lipinski definition) is 3. The number of nitrogens with two attached hydrogens (primary N) is 2. The van der Waals surface area contributed by atoms with Gasteiger partial charge in [0.05, 0.1) is 4.88 Å². The Hall–Kier alpha value is -2.47. The molecule has 0 spiro atoms. The molecule has 0 aliphatic rings. The fourth-order valence-corrected chi connectivity index (χ4v) is 2.63. The number of nitrogens with zero attached hydrogens (tertiary/aromatic N) is 1. The molecule has 2 rings (SSSR count). The highest BCUT2D eigenvalue weighted by Crippen LogP contribution is 2.29. The van der Waals surface area contributed by atoms with Gasteiger partial charge >= 0.3 is 0 Å². The third kappa shape index (κ3) is 2.92. The highest BCUT2D eigenvalue weighted by molar-refractivity contribution is 7.12. The average molecular weight is 287 g/mol. The number of guanidine groups is 1. The first-order valence-electron chi connectivity index (χ1n) is 5.82. The number of Topliss-reactive ketones (excluding diaryl/α,β-unsaturated/α-hetero) is 1. The number of amides is 1. The first kappa shape index (κ1) is 14.0. The van der Waals surface area contributed by atoms with Crippen LogP contribution in [-0.2, 0) is 0 Å². The lowest BCUT2D eigenvalue weighted by Crippen LogP contribution is -2.24. The number of thiophene rings is 1. The fourth-order valence-electron chi connectivity index (χ4n) is 1.81. The Balaban J connectivity index is 2.45. The Morgan fingerprint density at radius 2 is 1.95 bits per heavy atom. The second-order valence-electron chi connectivity index (χ2n) is 4.14. The minimum Gasteiger partial charge on any atom is -0.370 e. The summed E-state index contributed by atoms with van der Waals surface area (Å²) in [5, 5.41) is 1.84. The molecule has 1 aromatic heterocycles. The van der Waals surface area contributed by atoms with Crippen molar-refractivity contribution in [1.29, 1.82) is 0 Å². The van der Waals surface area contributed by atoms with E-state index in [0.29, 0.717) is 10.4 Å². The molecule has 0 fully saturated rings. The lowest BCUT2D eigenvalue weighted by atomic mass is 10.0. The molecular weight excluding hydrogens is 274 g/mol. The van der Waals surface area contributed by atoms with E-state index < -0.39 is 5.91 Å². The van der Waals surface area contributed by atoms with Gasteiger partial charge in [0.1, 0.15) is 0 Å². The third-order valence-corrected chi connectivity index (χ3v) is 3.65. The number of hydrogen-bond donors (Lipinski definition) is 2. The van der Waals surface area contributed by atoms with Crippen molar-refractivity contribution >= 4 is 29.0 Å². The predicted octanol–water partition coefficient (Wildman–Crippen LogP) is 2.03. The van der Waals surface area contributed by atoms with Crippen LogP contribution in [0.5, 0.6) is 0 Å². The van der Waals surface area contributed by atoms with E-state index in [1.54, 1.807) is 18.2 Å². The summed E-state index contributed by atoms with van der Waals surface area (Å²) < 4.78 is 0. The van der Waals surface area contributed by atoms with Gasteiger partial charge in [0.15, 0.2) is 11.7 Å². The molecule has 5 nitrogen and oxygen atoms in total. The molecule has 0 bridgehead atoms. The van der Waals surface area contributed by atoms with Gasteiger partial charge in [-0.05, 0) is 36.1 Å². The largest absolute Gasteiger partial charge is 0.370 e. The second-order valence-corrected chi connectivity index (χ2v) is 5.06. The van der Waals surface area contributed by atoms with Crippen LogP contribution in [0.2, 0.25) is 0 Å². The van der Waals surface area contributed by atoms with Crippen LogP contribution in [0.25, 0.3) is 11.1 Å². The Bertz CT molecular complexity index is 700. The van der Waals surface area contributed by atoms with Crippen LogP contribution < -0.4 is 11.5 Å². The normalized spacial score (nSPS) is 10.1. The number of benzene rings is 1. The maximum atomic E-state index is 11.8. The van der Waals surface area contributed by atoms with E-state index >= 15 is 0 Å². The molecule has 0 radical (unpaired) electrons. The van der Waals surface area contributed by atoms with E-state index in [2.05, 4.69) is 4.99 Å². The minimum atomic E-state index is -0.508. The summed E-state index contributed by atoms with van der Waals surface area (Å²) in [5.74, 6) is -0.789. The zero-order valence-electron chi connectivity index (χ0n) is 10.8. The molecule has 1 amide bonds. The molecule has 4 N–H and O–H groups in total. The molecule has 0 aliphatic carbocycles. The zero-order chi connectivity index (χ0) is 14.7. The molecule has 0 atom stereocenters. The number of carbonyl (C=O) groups is 2. The van der Waals surface area contributed by atoms with Crippen molar-refractivity contribution in [1.82, 2.24) is 0 Å². The highest BCUT2D eigenvalue weighted by atomic mass is 32.1. The Morgan fingerprint density at radius 3 is 2.60 bits per heavy atom. The molecule has 0 saturated carbocycles. The maximum absolute atomic E-state index is 11.8. The third-order valence-electron chi connectivity index (χ3n) is 2.64. The van der Waals surface area contributed by atoms with Crippen molar-refractivity contribution in [2.75, 3.05) is 0 Å². The summed E-state index contributed by atoms with van der Waals surface area (Å²) in [4.78, 5) is 27.5. The molecule has 2 aromatic rings. The first-order valence-corrected chi connectivity index (χ1v) is 6.70. The number of rotatable bonds is 3. The van der Waals surface area contributed by atoms with Gasteiger partial charge < -0.3 is 11.5 Å². The van der Waals surface area contributed by atoms with E-state index in [-0.39, 0.29) is 11.7 Å². The van der Waals surface area contributed by atoms with Crippen molar-refractivity contribution < 1.29 is 9.59 Å². The monoisotopic (exact) mass is 287 g/mol. The van der Waals surface area contributed by atoms with Crippen molar-refractivity contribution in [2.45, 2.75) is 6.92 Å². The van der Waals surface area contributed by atoms with E-state index in [4.69, 9.17) is 11.5 Å². The lowest BCUT2D eigenvalue weighted by Gasteiger charge is -2.03. The van der Waals surface area contributed by atoms with Gasteiger partial charge in [-0.15, -0.1) is 11.3 Å². The van der Waals surface area contributed by atoms with Gasteiger partial charge in [0, 0.05) is 11.1 Å². The lowest BCUT2D eigenvalue weighted by molar-refractivity contribution is 0.0999. The molecule has 6 heteroatoms. The van der Waals surface area contributed by atoms with Gasteiger partial charge in [-0.2, -0.15) is 4.99 Å². The average Bonchev–Trinajstić information content (AvgIpc) is 2.87. The Kier molecular flexibility index (Phi) is 3.95. The Morgan fingerprint density at radius 1 is 1.20 bits per heavy atom. The zero-order valence-corrected chi connectivity index (χ0v) is 11.6. The number of carbonyl (C=O) groups excluding carboxylic acids is 2. The second kappa shape index (κ2) is 5.66. The predicted molar refractivity (Wildman–Crippen MR) is 79.9 cm³/mol. The molecule has 0 unspecified atom stereocenters. The van der Waals surface area contributed by atoms with Crippen LogP contribution >= 0.6 is 11.3 Å². The van der Waals surface area contributed by atoms with Crippen LogP contribution in [0, 0.1) is 0 Å². The van der Waals surface area contributed by atoms with Crippen molar-refractivity contribution in [3.63, 3.8) is 0 Å². The van der Waals surface area contributed by atoms with Crippen LogP contribution in [0.4, 0.5) is 0 Å². The van der Waals surface area contributed by atoms with Gasteiger partial charge in [-0.1, -0.05) is 12.1 Å². The van der Waals surface area contributed by atoms with Crippen molar-refractivity contribution in [3.05, 3.63) is 46.2 Å². The highest BCUT2D eigenvalue weighted by Gasteiger charge is 2.12. The van der Waals surface area contributed by atoms with E-state index in [1.165, 1.54) is 18.3 Å². The molecular formula is C14H13N3O2S. The van der Waals surface area contributed by atoms with Crippen LogP contribution in [0.1, 0.15) is 27.0 Å². The van der Waals surface area contributed by atoms with Gasteiger partial charge in [0.25, 0.3) is 5.91 Å². The quantitative estimate of drug-likeness (QED) is 0.512. The molecule has 102 valence electrons. The first-order chi connectivity index (χ1) is 9.49. The summed E-state index contributed by atoms with van der Waals surface area (Å²) in [6, 6.07) is 8.71. The maximum Gasteiger partial charge on any atom is 0.280 e. The molecule has 0 aliphatic heterocycles. The number of aliphatic imine (C=N–C) groups is 1. The van der Waals surface area contributed by atoms with Crippen LogP contribution in [-0.4, -0.2) is 17.6 Å². The summed E-state index contributed by atoms with van der Waals surface area (Å²) >= 11 is 1.38. The van der Waals surface area contributed by atoms with Gasteiger partial charge in [-0.25, -0.2) is 0 Å². The summed E-state index contributed by atoms with van der Waals surface area (Å²) in [6.45, 7) is 1.52. The summed E-state index contributed by atoms with van der Waals surface area (Å²) in [6.07, 6.45) is 0. The standard InChI is InChI=1S/C14H13N3O2S/c1-8(18)12-11(5-6-20-12)9-3-2-4-10(7-9)13(19)17-14(15)16/h2-7H,1H3,(H4,15,16,17,19). The SMILES string of the molecule is CC(=O)c1sccc1-c1cccc(C(=O)N=C(N)N)c1.